The zero-order valence-electron chi connectivity index (χ0n) is 9.27. The summed E-state index contributed by atoms with van der Waals surface area (Å²) in [6.45, 7) is 2.20. The van der Waals surface area contributed by atoms with Crippen LogP contribution in [0, 0.1) is 0 Å². The molecule has 1 aliphatic rings. The van der Waals surface area contributed by atoms with Crippen molar-refractivity contribution in [2.24, 2.45) is 0 Å². The Morgan fingerprint density at radius 2 is 2.06 bits per heavy atom. The van der Waals surface area contributed by atoms with Gasteiger partial charge in [0.15, 0.2) is 5.25 Å². The lowest BCUT2D eigenvalue weighted by Crippen LogP contribution is -2.38. The standard InChI is InChI=1S/C9H18N2O4S/c1-7(9(12)13)16(14,15)11-6-2-5-10-8-3-4-8/h7-8,10-11H,2-6H2,1H3,(H,12,13). The Morgan fingerprint density at radius 1 is 1.44 bits per heavy atom. The first-order valence-corrected chi connectivity index (χ1v) is 6.93. The third-order valence-electron chi connectivity index (χ3n) is 2.48. The first-order valence-electron chi connectivity index (χ1n) is 5.38. The molecule has 16 heavy (non-hydrogen) atoms. The number of carboxylic acid groups (broad SMARTS) is 1. The first-order chi connectivity index (χ1) is 7.43. The number of nitrogens with one attached hydrogen (secondary N) is 2. The highest BCUT2D eigenvalue weighted by atomic mass is 32.2. The topological polar surface area (TPSA) is 95.5 Å². The number of aliphatic carboxylic acids is 1. The number of sulfonamides is 1. The summed E-state index contributed by atoms with van der Waals surface area (Å²) in [5, 5.41) is 10.4. The molecule has 0 aromatic carbocycles. The second kappa shape index (κ2) is 5.60. The van der Waals surface area contributed by atoms with Gasteiger partial charge in [-0.3, -0.25) is 4.79 Å². The Labute approximate surface area is 95.5 Å². The summed E-state index contributed by atoms with van der Waals surface area (Å²) >= 11 is 0. The number of hydrogen-bond donors (Lipinski definition) is 3. The van der Waals surface area contributed by atoms with Gasteiger partial charge in [0.1, 0.15) is 0 Å². The first kappa shape index (κ1) is 13.4. The second-order valence-electron chi connectivity index (χ2n) is 4.00. The predicted octanol–water partition coefficient (Wildman–Crippen LogP) is -0.479. The van der Waals surface area contributed by atoms with Crippen molar-refractivity contribution in [1.29, 1.82) is 0 Å². The Balaban J connectivity index is 2.16. The van der Waals surface area contributed by atoms with Gasteiger partial charge in [0.05, 0.1) is 0 Å². The minimum atomic E-state index is -3.72. The van der Waals surface area contributed by atoms with Crippen molar-refractivity contribution in [3.63, 3.8) is 0 Å². The maximum atomic E-state index is 11.4. The van der Waals surface area contributed by atoms with Crippen molar-refractivity contribution in [3.05, 3.63) is 0 Å². The molecule has 3 N–H and O–H groups in total. The lowest BCUT2D eigenvalue weighted by Gasteiger charge is -2.10. The molecule has 0 heterocycles. The monoisotopic (exact) mass is 250 g/mol. The molecule has 0 amide bonds. The van der Waals surface area contributed by atoms with E-state index in [9.17, 15) is 13.2 Å². The lowest BCUT2D eigenvalue weighted by molar-refractivity contribution is -0.136. The number of hydrogen-bond acceptors (Lipinski definition) is 4. The van der Waals surface area contributed by atoms with Crippen LogP contribution in [0.3, 0.4) is 0 Å². The van der Waals surface area contributed by atoms with E-state index in [0.29, 0.717) is 12.5 Å². The van der Waals surface area contributed by atoms with E-state index < -0.39 is 21.2 Å². The van der Waals surface area contributed by atoms with Crippen molar-refractivity contribution in [2.45, 2.75) is 37.5 Å². The van der Waals surface area contributed by atoms with E-state index in [1.165, 1.54) is 12.8 Å². The van der Waals surface area contributed by atoms with E-state index in [-0.39, 0.29) is 6.54 Å². The van der Waals surface area contributed by atoms with E-state index in [0.717, 1.165) is 13.5 Å². The quantitative estimate of drug-likeness (QED) is 0.506. The molecule has 1 unspecified atom stereocenters. The highest BCUT2D eigenvalue weighted by Gasteiger charge is 2.26. The molecule has 7 heteroatoms. The van der Waals surface area contributed by atoms with Gasteiger partial charge in [-0.2, -0.15) is 0 Å². The number of carbonyl (C=O) groups is 1. The fourth-order valence-corrected chi connectivity index (χ4v) is 2.10. The molecule has 0 aromatic rings. The zero-order valence-corrected chi connectivity index (χ0v) is 10.1. The summed E-state index contributed by atoms with van der Waals surface area (Å²) in [7, 11) is -3.72. The molecule has 0 spiro atoms. The minimum absolute atomic E-state index is 0.277. The summed E-state index contributed by atoms with van der Waals surface area (Å²) in [4.78, 5) is 10.5. The maximum absolute atomic E-state index is 11.4. The summed E-state index contributed by atoms with van der Waals surface area (Å²) < 4.78 is 25.0. The summed E-state index contributed by atoms with van der Waals surface area (Å²) in [6, 6.07) is 0.606. The van der Waals surface area contributed by atoms with Crippen molar-refractivity contribution >= 4 is 16.0 Å². The second-order valence-corrected chi connectivity index (χ2v) is 6.09. The van der Waals surface area contributed by atoms with Gasteiger partial charge in [-0.25, -0.2) is 13.1 Å². The van der Waals surface area contributed by atoms with Crippen LogP contribution < -0.4 is 10.0 Å². The fraction of sp³-hybridized carbons (Fsp3) is 0.889. The maximum Gasteiger partial charge on any atom is 0.323 e. The van der Waals surface area contributed by atoms with Gasteiger partial charge in [0, 0.05) is 12.6 Å². The molecule has 6 nitrogen and oxygen atoms in total. The van der Waals surface area contributed by atoms with Crippen LogP contribution in [-0.2, 0) is 14.8 Å². The molecule has 94 valence electrons. The average Bonchev–Trinajstić information content (AvgIpc) is 2.99. The van der Waals surface area contributed by atoms with Gasteiger partial charge >= 0.3 is 5.97 Å². The van der Waals surface area contributed by atoms with E-state index >= 15 is 0 Å². The molecule has 1 saturated carbocycles. The van der Waals surface area contributed by atoms with Crippen molar-refractivity contribution in [1.82, 2.24) is 10.0 Å². The average molecular weight is 250 g/mol. The Morgan fingerprint density at radius 3 is 2.56 bits per heavy atom. The molecule has 1 fully saturated rings. The Kier molecular flexibility index (Phi) is 4.69. The SMILES string of the molecule is CC(C(=O)O)S(=O)(=O)NCCCNC1CC1. The van der Waals surface area contributed by atoms with Crippen molar-refractivity contribution in [3.8, 4) is 0 Å². The third-order valence-corrected chi connectivity index (χ3v) is 4.22. The van der Waals surface area contributed by atoms with Crippen molar-refractivity contribution < 1.29 is 18.3 Å². The largest absolute Gasteiger partial charge is 0.480 e. The molecular formula is C9H18N2O4S. The van der Waals surface area contributed by atoms with Crippen LogP contribution in [0.2, 0.25) is 0 Å². The molecular weight excluding hydrogens is 232 g/mol. The van der Waals surface area contributed by atoms with Gasteiger partial charge in [-0.05, 0) is 32.7 Å². The normalized spacial score (nSPS) is 18.3. The van der Waals surface area contributed by atoms with E-state index in [1.807, 2.05) is 0 Å². The molecule has 1 rings (SSSR count). The van der Waals surface area contributed by atoms with Gasteiger partial charge in [-0.1, -0.05) is 0 Å². The van der Waals surface area contributed by atoms with Crippen LogP contribution >= 0.6 is 0 Å². The van der Waals surface area contributed by atoms with Crippen LogP contribution in [0.25, 0.3) is 0 Å². The lowest BCUT2D eigenvalue weighted by atomic mass is 10.4. The van der Waals surface area contributed by atoms with E-state index in [4.69, 9.17) is 5.11 Å². The molecule has 1 atom stereocenters. The fourth-order valence-electron chi connectivity index (χ4n) is 1.15. The third kappa shape index (κ3) is 4.46. The van der Waals surface area contributed by atoms with Gasteiger partial charge in [-0.15, -0.1) is 0 Å². The number of carboxylic acids is 1. The van der Waals surface area contributed by atoms with Gasteiger partial charge in [0.25, 0.3) is 0 Å². The predicted molar refractivity (Wildman–Crippen MR) is 59.7 cm³/mol. The summed E-state index contributed by atoms with van der Waals surface area (Å²) in [5.41, 5.74) is 0. The highest BCUT2D eigenvalue weighted by Crippen LogP contribution is 2.18. The molecule has 0 saturated heterocycles. The van der Waals surface area contributed by atoms with E-state index in [2.05, 4.69) is 10.0 Å². The van der Waals surface area contributed by atoms with Crippen LogP contribution in [0.4, 0.5) is 0 Å². The molecule has 0 aromatic heterocycles. The van der Waals surface area contributed by atoms with Gasteiger partial charge < -0.3 is 10.4 Å². The van der Waals surface area contributed by atoms with E-state index in [1.54, 1.807) is 0 Å². The molecule has 1 aliphatic carbocycles. The smallest absolute Gasteiger partial charge is 0.323 e. The molecule has 0 bridgehead atoms. The van der Waals surface area contributed by atoms with Crippen LogP contribution in [0.5, 0.6) is 0 Å². The summed E-state index contributed by atoms with van der Waals surface area (Å²) in [6.07, 6.45) is 3.06. The Hall–Kier alpha value is -0.660. The minimum Gasteiger partial charge on any atom is -0.480 e. The Bertz CT molecular complexity index is 337. The van der Waals surface area contributed by atoms with Crippen LogP contribution in [0.15, 0.2) is 0 Å². The number of rotatable bonds is 8. The van der Waals surface area contributed by atoms with Crippen molar-refractivity contribution in [2.75, 3.05) is 13.1 Å². The molecule has 0 radical (unpaired) electrons. The molecule has 0 aliphatic heterocycles. The summed E-state index contributed by atoms with van der Waals surface area (Å²) in [5.74, 6) is -1.33. The highest BCUT2D eigenvalue weighted by molar-refractivity contribution is 7.90. The van der Waals surface area contributed by atoms with Crippen LogP contribution in [0.1, 0.15) is 26.2 Å². The van der Waals surface area contributed by atoms with Gasteiger partial charge in [0.2, 0.25) is 10.0 Å². The van der Waals surface area contributed by atoms with Crippen LogP contribution in [-0.4, -0.2) is 43.9 Å². The zero-order chi connectivity index (χ0) is 12.2.